The van der Waals surface area contributed by atoms with Gasteiger partial charge in [-0.2, -0.15) is 0 Å². The highest BCUT2D eigenvalue weighted by Gasteiger charge is 2.19. The number of ether oxygens (including phenoxy) is 1. The number of fused-ring (bicyclic) bond motifs is 2. The van der Waals surface area contributed by atoms with Gasteiger partial charge in [-0.1, -0.05) is 65.1 Å². The minimum Gasteiger partial charge on any atom is -0.481 e. The van der Waals surface area contributed by atoms with Gasteiger partial charge in [-0.25, -0.2) is 4.98 Å². The summed E-state index contributed by atoms with van der Waals surface area (Å²) in [6.07, 6.45) is 0. The molecule has 0 aliphatic rings. The molecule has 0 unspecified atom stereocenters. The van der Waals surface area contributed by atoms with Crippen molar-refractivity contribution in [3.63, 3.8) is 0 Å². The number of hydrogen-bond acceptors (Lipinski definition) is 4. The molecule has 0 aliphatic carbocycles. The minimum absolute atomic E-state index is 0.231. The summed E-state index contributed by atoms with van der Waals surface area (Å²) in [5.41, 5.74) is 3.97. The highest BCUT2D eigenvalue weighted by molar-refractivity contribution is 6.42. The van der Waals surface area contributed by atoms with Crippen molar-refractivity contribution in [2.75, 3.05) is 11.9 Å². The molecule has 0 saturated carbocycles. The molecule has 1 heterocycles. The van der Waals surface area contributed by atoms with E-state index in [1.807, 2.05) is 36.4 Å². The van der Waals surface area contributed by atoms with Crippen LogP contribution in [-0.2, 0) is 4.79 Å². The Morgan fingerprint density at radius 2 is 1.63 bits per heavy atom. The maximum Gasteiger partial charge on any atom is 0.262 e. The molecule has 0 radical (unpaired) electrons. The monoisotopic (exact) mass is 524 g/mol. The van der Waals surface area contributed by atoms with E-state index >= 15 is 0 Å². The van der Waals surface area contributed by atoms with Crippen LogP contribution < -0.4 is 10.1 Å². The molecule has 8 heteroatoms. The summed E-state index contributed by atoms with van der Waals surface area (Å²) in [7, 11) is 0. The first kappa shape index (κ1) is 23.5. The third-order valence-electron chi connectivity index (χ3n) is 5.73. The van der Waals surface area contributed by atoms with E-state index in [4.69, 9.17) is 44.0 Å². The van der Waals surface area contributed by atoms with E-state index in [-0.39, 0.29) is 28.3 Å². The van der Waals surface area contributed by atoms with Crippen LogP contribution in [0.4, 0.5) is 5.69 Å². The predicted octanol–water partition coefficient (Wildman–Crippen LogP) is 8.24. The van der Waals surface area contributed by atoms with Gasteiger partial charge >= 0.3 is 0 Å². The first-order valence-corrected chi connectivity index (χ1v) is 11.9. The van der Waals surface area contributed by atoms with Gasteiger partial charge in [-0.15, -0.1) is 0 Å². The summed E-state index contributed by atoms with van der Waals surface area (Å²) in [5.74, 6) is 0.366. The van der Waals surface area contributed by atoms with Crippen LogP contribution in [0.3, 0.4) is 0 Å². The Morgan fingerprint density at radius 3 is 2.37 bits per heavy atom. The van der Waals surface area contributed by atoms with Crippen molar-refractivity contribution in [1.29, 1.82) is 0 Å². The zero-order valence-electron chi connectivity index (χ0n) is 18.8. The fourth-order valence-electron chi connectivity index (χ4n) is 3.82. The van der Waals surface area contributed by atoms with Crippen molar-refractivity contribution in [1.82, 2.24) is 4.98 Å². The van der Waals surface area contributed by atoms with E-state index in [1.165, 1.54) is 0 Å². The smallest absolute Gasteiger partial charge is 0.262 e. The normalized spacial score (nSPS) is 11.2. The molecule has 0 bridgehead atoms. The molecule has 5 nitrogen and oxygen atoms in total. The zero-order valence-corrected chi connectivity index (χ0v) is 21.1. The Balaban J connectivity index is 1.32. The SMILES string of the molecule is Cc1c(Cl)c(C)c(Cl)c(OCC(=O)Nc2ccc3oc(-c4ccc5ccccc5c4)nc3c2)c1Cl. The number of carbonyl (C=O) groups is 1. The summed E-state index contributed by atoms with van der Waals surface area (Å²) in [6, 6.07) is 19.4. The van der Waals surface area contributed by atoms with Crippen LogP contribution in [0.25, 0.3) is 33.3 Å². The Bertz CT molecular complexity index is 1580. The molecule has 0 saturated heterocycles. The van der Waals surface area contributed by atoms with Crippen LogP contribution in [0.2, 0.25) is 15.1 Å². The number of halogens is 3. The topological polar surface area (TPSA) is 64.4 Å². The lowest BCUT2D eigenvalue weighted by Gasteiger charge is -2.15. The second-order valence-corrected chi connectivity index (χ2v) is 9.26. The number of rotatable bonds is 5. The van der Waals surface area contributed by atoms with Crippen molar-refractivity contribution in [2.24, 2.45) is 0 Å². The number of anilines is 1. The van der Waals surface area contributed by atoms with Crippen LogP contribution >= 0.6 is 34.8 Å². The van der Waals surface area contributed by atoms with Crippen molar-refractivity contribution in [2.45, 2.75) is 13.8 Å². The maximum atomic E-state index is 12.5. The van der Waals surface area contributed by atoms with Gasteiger partial charge in [0, 0.05) is 16.3 Å². The van der Waals surface area contributed by atoms with E-state index < -0.39 is 0 Å². The molecule has 176 valence electrons. The second kappa shape index (κ2) is 9.42. The van der Waals surface area contributed by atoms with E-state index in [9.17, 15) is 4.79 Å². The summed E-state index contributed by atoms with van der Waals surface area (Å²) in [5, 5.41) is 6.08. The number of oxazole rings is 1. The number of nitrogens with one attached hydrogen (secondary N) is 1. The molecule has 0 atom stereocenters. The highest BCUT2D eigenvalue weighted by atomic mass is 35.5. The van der Waals surface area contributed by atoms with Gasteiger partial charge in [-0.3, -0.25) is 4.79 Å². The lowest BCUT2D eigenvalue weighted by Crippen LogP contribution is -2.20. The molecule has 5 aromatic rings. The Morgan fingerprint density at radius 1 is 0.914 bits per heavy atom. The summed E-state index contributed by atoms with van der Waals surface area (Å²) in [6.45, 7) is 3.25. The summed E-state index contributed by atoms with van der Waals surface area (Å²) in [4.78, 5) is 17.1. The lowest BCUT2D eigenvalue weighted by molar-refractivity contribution is -0.118. The average Bonchev–Trinajstić information content (AvgIpc) is 3.29. The van der Waals surface area contributed by atoms with Gasteiger partial charge < -0.3 is 14.5 Å². The van der Waals surface area contributed by atoms with Crippen LogP contribution in [0.15, 0.2) is 65.1 Å². The molecule has 35 heavy (non-hydrogen) atoms. The van der Waals surface area contributed by atoms with Gasteiger partial charge in [0.15, 0.2) is 17.9 Å². The van der Waals surface area contributed by atoms with Crippen molar-refractivity contribution < 1.29 is 13.9 Å². The number of amides is 1. The van der Waals surface area contributed by atoms with Gasteiger partial charge in [0.2, 0.25) is 5.89 Å². The summed E-state index contributed by atoms with van der Waals surface area (Å²) < 4.78 is 11.6. The van der Waals surface area contributed by atoms with Crippen molar-refractivity contribution in [3.8, 4) is 17.2 Å². The number of hydrogen-bond donors (Lipinski definition) is 1. The third-order valence-corrected chi connectivity index (χ3v) is 7.21. The van der Waals surface area contributed by atoms with Gasteiger partial charge in [0.1, 0.15) is 5.52 Å². The van der Waals surface area contributed by atoms with E-state index in [0.717, 1.165) is 16.3 Å². The van der Waals surface area contributed by atoms with Gasteiger partial charge in [0.25, 0.3) is 5.91 Å². The fraction of sp³-hybridized carbons (Fsp3) is 0.111. The summed E-state index contributed by atoms with van der Waals surface area (Å²) >= 11 is 18.9. The number of nitrogens with zero attached hydrogens (tertiary/aromatic N) is 1. The van der Waals surface area contributed by atoms with Crippen LogP contribution in [-0.4, -0.2) is 17.5 Å². The Labute approximate surface area is 216 Å². The van der Waals surface area contributed by atoms with Crippen LogP contribution in [0.5, 0.6) is 5.75 Å². The van der Waals surface area contributed by atoms with Gasteiger partial charge in [0.05, 0.1) is 10.0 Å². The number of benzene rings is 4. The van der Waals surface area contributed by atoms with E-state index in [2.05, 4.69) is 16.4 Å². The quantitative estimate of drug-likeness (QED) is 0.251. The first-order valence-electron chi connectivity index (χ1n) is 10.8. The molecule has 1 amide bonds. The minimum atomic E-state index is -0.375. The zero-order chi connectivity index (χ0) is 24.7. The fourth-order valence-corrected chi connectivity index (χ4v) is 4.64. The largest absolute Gasteiger partial charge is 0.481 e. The molecule has 5 rings (SSSR count). The molecular weight excluding hydrogens is 507 g/mol. The van der Waals surface area contributed by atoms with Crippen LogP contribution in [0, 0.1) is 13.8 Å². The molecular formula is C27H19Cl3N2O3. The first-order chi connectivity index (χ1) is 16.8. The average molecular weight is 526 g/mol. The molecule has 0 fully saturated rings. The van der Waals surface area contributed by atoms with Crippen molar-refractivity contribution in [3.05, 3.63) is 86.9 Å². The lowest BCUT2D eigenvalue weighted by atomic mass is 10.1. The molecule has 0 aliphatic heterocycles. The maximum absolute atomic E-state index is 12.5. The highest BCUT2D eigenvalue weighted by Crippen LogP contribution is 2.42. The number of carbonyl (C=O) groups excluding carboxylic acids is 1. The molecule has 1 N–H and O–H groups in total. The van der Waals surface area contributed by atoms with Gasteiger partial charge in [-0.05, 0) is 66.1 Å². The van der Waals surface area contributed by atoms with E-state index in [0.29, 0.717) is 38.8 Å². The molecule has 4 aromatic carbocycles. The standard InChI is InChI=1S/C27H19Cl3N2O3/c1-14-23(28)15(2)25(30)26(24(14)29)34-13-22(33)31-19-9-10-21-20(12-19)32-27(35-21)18-8-7-16-5-3-4-6-17(16)11-18/h3-12H,13H2,1-2H3,(H,31,33). The Hall–Kier alpha value is -3.25. The molecule has 1 aromatic heterocycles. The number of aromatic nitrogens is 1. The third kappa shape index (κ3) is 4.55. The van der Waals surface area contributed by atoms with Crippen molar-refractivity contribution >= 4 is 68.3 Å². The second-order valence-electron chi connectivity index (χ2n) is 8.12. The molecule has 0 spiro atoms. The van der Waals surface area contributed by atoms with E-state index in [1.54, 1.807) is 32.0 Å². The Kier molecular flexibility index (Phi) is 6.32. The van der Waals surface area contributed by atoms with Crippen LogP contribution in [0.1, 0.15) is 11.1 Å². The predicted molar refractivity (Wildman–Crippen MR) is 142 cm³/mol.